The zero-order valence-electron chi connectivity index (χ0n) is 16.5. The Hall–Kier alpha value is -2.55. The van der Waals surface area contributed by atoms with E-state index in [2.05, 4.69) is 9.73 Å². The molecule has 1 aliphatic rings. The van der Waals surface area contributed by atoms with E-state index in [9.17, 15) is 18.0 Å². The van der Waals surface area contributed by atoms with Crippen LogP contribution in [0.5, 0.6) is 5.75 Å². The molecule has 2 rings (SSSR count). The molecular formula is C19H25F3N3O3-. The first-order chi connectivity index (χ1) is 12.7. The number of ether oxygens (including phenoxy) is 1. The van der Waals surface area contributed by atoms with Crippen molar-refractivity contribution in [2.45, 2.75) is 52.6 Å². The minimum Gasteiger partial charge on any atom is -0.673 e. The standard InChI is InChI=1S/C15H15F3N2O3.C4H10N/c1-9-6-13(14(21)22)19-8-20(9)10(2)11-4-3-5-12(7-11)23-15(16,17)18;1-4(2,3)5/h3-7,10H,8H2,1-2H3,(H,21,22);5H,1-3H3/q;-1. The Bertz CT molecular complexity index is 747. The largest absolute Gasteiger partial charge is 0.673 e. The molecule has 0 aromatic heterocycles. The summed E-state index contributed by atoms with van der Waals surface area (Å²) in [5.74, 6) is -1.41. The van der Waals surface area contributed by atoms with Crippen LogP contribution in [-0.4, -0.2) is 40.3 Å². The van der Waals surface area contributed by atoms with E-state index >= 15 is 0 Å². The molecule has 0 spiro atoms. The summed E-state index contributed by atoms with van der Waals surface area (Å²) < 4.78 is 40.8. The molecular weight excluding hydrogens is 375 g/mol. The Kier molecular flexibility index (Phi) is 7.63. The number of nitrogens with zero attached hydrogens (tertiary/aromatic N) is 2. The van der Waals surface area contributed by atoms with Crippen LogP contribution in [0.2, 0.25) is 0 Å². The number of rotatable bonds is 4. The molecule has 0 aliphatic carbocycles. The maximum absolute atomic E-state index is 12.3. The second-order valence-electron chi connectivity index (χ2n) is 7.29. The normalized spacial score (nSPS) is 15.7. The van der Waals surface area contributed by atoms with E-state index < -0.39 is 12.3 Å². The van der Waals surface area contributed by atoms with Crippen molar-refractivity contribution in [3.63, 3.8) is 0 Å². The number of allylic oxidation sites excluding steroid dienone is 1. The first-order valence-electron chi connectivity index (χ1n) is 8.51. The van der Waals surface area contributed by atoms with Crippen LogP contribution in [-0.2, 0) is 4.79 Å². The lowest BCUT2D eigenvalue weighted by Gasteiger charge is -2.33. The third-order valence-electron chi connectivity index (χ3n) is 3.45. The SMILES string of the molecule is CC(C)(C)[NH-].CC1=CC(C(=O)O)=NCN1C(C)c1cccc(OC(F)(F)F)c1. The average Bonchev–Trinajstić information content (AvgIpc) is 2.51. The van der Waals surface area contributed by atoms with Gasteiger partial charge in [0.05, 0.1) is 6.04 Å². The monoisotopic (exact) mass is 400 g/mol. The molecule has 0 fully saturated rings. The molecule has 0 amide bonds. The third kappa shape index (κ3) is 8.43. The van der Waals surface area contributed by atoms with Gasteiger partial charge in [0.2, 0.25) is 0 Å². The summed E-state index contributed by atoms with van der Waals surface area (Å²) in [4.78, 5) is 16.6. The van der Waals surface area contributed by atoms with Crippen LogP contribution in [0, 0.1) is 0 Å². The van der Waals surface area contributed by atoms with E-state index in [1.165, 1.54) is 24.3 Å². The molecule has 0 saturated carbocycles. The predicted molar refractivity (Wildman–Crippen MR) is 101 cm³/mol. The van der Waals surface area contributed by atoms with E-state index in [-0.39, 0.29) is 29.7 Å². The van der Waals surface area contributed by atoms with Crippen molar-refractivity contribution in [3.05, 3.63) is 47.3 Å². The highest BCUT2D eigenvalue weighted by Gasteiger charge is 2.31. The van der Waals surface area contributed by atoms with Gasteiger partial charge in [-0.1, -0.05) is 32.9 Å². The summed E-state index contributed by atoms with van der Waals surface area (Å²) in [6.45, 7) is 9.21. The van der Waals surface area contributed by atoms with E-state index in [4.69, 9.17) is 10.8 Å². The predicted octanol–water partition coefficient (Wildman–Crippen LogP) is 5.19. The Labute approximate surface area is 162 Å². The third-order valence-corrected chi connectivity index (χ3v) is 3.45. The van der Waals surface area contributed by atoms with Gasteiger partial charge in [-0.05, 0) is 37.6 Å². The van der Waals surface area contributed by atoms with Gasteiger partial charge in [0.15, 0.2) is 0 Å². The minimum absolute atomic E-state index is 0.0416. The van der Waals surface area contributed by atoms with E-state index in [0.717, 1.165) is 0 Å². The quantitative estimate of drug-likeness (QED) is 0.754. The fourth-order valence-corrected chi connectivity index (χ4v) is 2.30. The van der Waals surface area contributed by atoms with Crippen molar-refractivity contribution < 1.29 is 27.8 Å². The number of carboxylic acid groups (broad SMARTS) is 1. The van der Waals surface area contributed by atoms with Crippen LogP contribution in [0.15, 0.2) is 41.0 Å². The zero-order valence-corrected chi connectivity index (χ0v) is 16.5. The van der Waals surface area contributed by atoms with Crippen molar-refractivity contribution in [2.75, 3.05) is 6.67 Å². The Morgan fingerprint density at radius 1 is 1.32 bits per heavy atom. The molecule has 1 aliphatic heterocycles. The summed E-state index contributed by atoms with van der Waals surface area (Å²) >= 11 is 0. The van der Waals surface area contributed by atoms with Gasteiger partial charge in [-0.2, -0.15) is 0 Å². The first-order valence-corrected chi connectivity index (χ1v) is 8.51. The van der Waals surface area contributed by atoms with Crippen molar-refractivity contribution in [1.82, 2.24) is 4.90 Å². The lowest BCUT2D eigenvalue weighted by Crippen LogP contribution is -2.31. The summed E-state index contributed by atoms with van der Waals surface area (Å²) in [7, 11) is 0. The summed E-state index contributed by atoms with van der Waals surface area (Å²) in [6.07, 6.45) is -3.32. The van der Waals surface area contributed by atoms with E-state index in [1.807, 2.05) is 20.8 Å². The fraction of sp³-hybridized carbons (Fsp3) is 0.474. The van der Waals surface area contributed by atoms with Gasteiger partial charge in [-0.15, -0.1) is 18.7 Å². The Morgan fingerprint density at radius 2 is 1.89 bits per heavy atom. The number of alkyl halides is 3. The molecule has 1 unspecified atom stereocenters. The molecule has 0 radical (unpaired) electrons. The van der Waals surface area contributed by atoms with Crippen LogP contribution >= 0.6 is 0 Å². The number of nitrogens with one attached hydrogen (secondary N) is 1. The Morgan fingerprint density at radius 3 is 2.36 bits per heavy atom. The van der Waals surface area contributed by atoms with E-state index in [0.29, 0.717) is 11.3 Å². The number of aliphatic imine (C=N–C) groups is 1. The number of hydrogen-bond acceptors (Lipinski definition) is 4. The molecule has 1 aromatic rings. The van der Waals surface area contributed by atoms with Gasteiger partial charge < -0.3 is 20.5 Å². The van der Waals surface area contributed by atoms with Crippen molar-refractivity contribution in [1.29, 1.82) is 0 Å². The number of carboxylic acids is 1. The minimum atomic E-state index is -4.75. The molecule has 0 bridgehead atoms. The smallest absolute Gasteiger partial charge is 0.573 e. The van der Waals surface area contributed by atoms with Crippen LogP contribution < -0.4 is 4.74 Å². The second kappa shape index (κ2) is 9.09. The van der Waals surface area contributed by atoms with Crippen LogP contribution in [0.4, 0.5) is 13.2 Å². The highest BCUT2D eigenvalue weighted by atomic mass is 19.4. The van der Waals surface area contributed by atoms with Gasteiger partial charge in [-0.25, -0.2) is 4.79 Å². The Balaban J connectivity index is 0.000000696. The van der Waals surface area contributed by atoms with Crippen molar-refractivity contribution in [3.8, 4) is 5.75 Å². The number of benzene rings is 1. The van der Waals surface area contributed by atoms with Gasteiger partial charge in [0.1, 0.15) is 18.1 Å². The highest BCUT2D eigenvalue weighted by molar-refractivity contribution is 6.40. The average molecular weight is 400 g/mol. The molecule has 2 N–H and O–H groups in total. The van der Waals surface area contributed by atoms with Gasteiger partial charge in [0.25, 0.3) is 0 Å². The van der Waals surface area contributed by atoms with Crippen molar-refractivity contribution in [2.24, 2.45) is 4.99 Å². The van der Waals surface area contributed by atoms with Crippen LogP contribution in [0.25, 0.3) is 5.73 Å². The number of halogens is 3. The van der Waals surface area contributed by atoms with Crippen LogP contribution in [0.3, 0.4) is 0 Å². The molecule has 1 atom stereocenters. The molecule has 9 heteroatoms. The van der Waals surface area contributed by atoms with E-state index in [1.54, 1.807) is 24.8 Å². The summed E-state index contributed by atoms with van der Waals surface area (Å²) in [6, 6.07) is 5.40. The summed E-state index contributed by atoms with van der Waals surface area (Å²) in [5, 5.41) is 8.93. The fourth-order valence-electron chi connectivity index (χ4n) is 2.30. The van der Waals surface area contributed by atoms with Crippen molar-refractivity contribution >= 4 is 11.7 Å². The zero-order chi connectivity index (χ0) is 21.7. The van der Waals surface area contributed by atoms with Crippen LogP contribution in [0.1, 0.15) is 46.2 Å². The molecule has 28 heavy (non-hydrogen) atoms. The number of hydrogen-bond donors (Lipinski definition) is 1. The lowest BCUT2D eigenvalue weighted by atomic mass is 10.1. The molecule has 6 nitrogen and oxygen atoms in total. The number of aliphatic carboxylic acids is 1. The first kappa shape index (κ1) is 23.5. The topological polar surface area (TPSA) is 85.9 Å². The molecule has 156 valence electrons. The molecule has 0 saturated heterocycles. The van der Waals surface area contributed by atoms with Gasteiger partial charge >= 0.3 is 12.3 Å². The van der Waals surface area contributed by atoms with Gasteiger partial charge in [0, 0.05) is 5.70 Å². The summed E-state index contributed by atoms with van der Waals surface area (Å²) in [5.41, 5.74) is 7.92. The lowest BCUT2D eigenvalue weighted by molar-refractivity contribution is -0.274. The maximum atomic E-state index is 12.3. The molecule has 1 aromatic carbocycles. The molecule has 1 heterocycles. The maximum Gasteiger partial charge on any atom is 0.573 e. The van der Waals surface area contributed by atoms with Gasteiger partial charge in [-0.3, -0.25) is 4.99 Å². The second-order valence-corrected chi connectivity index (χ2v) is 7.29. The highest BCUT2D eigenvalue weighted by Crippen LogP contribution is 2.30. The number of carbonyl (C=O) groups is 1.